The fourth-order valence-corrected chi connectivity index (χ4v) is 2.12. The summed E-state index contributed by atoms with van der Waals surface area (Å²) in [4.78, 5) is 11.9. The molecule has 0 aliphatic heterocycles. The van der Waals surface area contributed by atoms with Crippen LogP contribution in [0.4, 0.5) is 14.5 Å². The lowest BCUT2D eigenvalue weighted by Crippen LogP contribution is -2.50. The Hall–Kier alpha value is -1.65. The van der Waals surface area contributed by atoms with Gasteiger partial charge in [0, 0.05) is 18.2 Å². The zero-order valence-electron chi connectivity index (χ0n) is 10.4. The average molecular weight is 254 g/mol. The second-order valence-electron chi connectivity index (χ2n) is 4.93. The normalized spacial score (nSPS) is 16.9. The van der Waals surface area contributed by atoms with Gasteiger partial charge in [-0.1, -0.05) is 0 Å². The molecule has 0 heterocycles. The van der Waals surface area contributed by atoms with Gasteiger partial charge in [0.15, 0.2) is 0 Å². The van der Waals surface area contributed by atoms with Gasteiger partial charge in [-0.2, -0.15) is 0 Å². The van der Waals surface area contributed by atoms with Gasteiger partial charge in [-0.15, -0.1) is 0 Å². The van der Waals surface area contributed by atoms with E-state index in [1.807, 2.05) is 6.92 Å². The van der Waals surface area contributed by atoms with Crippen LogP contribution in [0.1, 0.15) is 36.5 Å². The summed E-state index contributed by atoms with van der Waals surface area (Å²) in [5.41, 5.74) is -0.440. The minimum Gasteiger partial charge on any atom is -0.383 e. The van der Waals surface area contributed by atoms with E-state index in [0.29, 0.717) is 0 Å². The molecule has 1 saturated carbocycles. The Morgan fingerprint density at radius 3 is 2.22 bits per heavy atom. The van der Waals surface area contributed by atoms with Gasteiger partial charge in [0.1, 0.15) is 17.3 Å². The third kappa shape index (κ3) is 2.30. The summed E-state index contributed by atoms with van der Waals surface area (Å²) in [6.45, 7) is 1.93. The molecule has 0 saturated heterocycles. The van der Waals surface area contributed by atoms with E-state index in [2.05, 4.69) is 10.6 Å². The van der Waals surface area contributed by atoms with E-state index in [1.165, 1.54) is 7.05 Å². The molecular weight excluding hydrogens is 238 g/mol. The lowest BCUT2D eigenvalue weighted by Gasteiger charge is -2.39. The molecule has 2 rings (SSSR count). The van der Waals surface area contributed by atoms with Gasteiger partial charge in [0.05, 0.1) is 0 Å². The van der Waals surface area contributed by atoms with Crippen LogP contribution in [-0.4, -0.2) is 18.5 Å². The molecule has 18 heavy (non-hydrogen) atoms. The van der Waals surface area contributed by atoms with Crippen molar-refractivity contribution in [3.05, 3.63) is 29.3 Å². The Labute approximate surface area is 105 Å². The first-order valence-electron chi connectivity index (χ1n) is 5.94. The van der Waals surface area contributed by atoms with Gasteiger partial charge in [0.2, 0.25) is 0 Å². The first-order chi connectivity index (χ1) is 8.45. The SMILES string of the molecule is CNc1c(F)cc(C(=O)NC2(C)CCC2)cc1F. The first-order valence-corrected chi connectivity index (χ1v) is 5.94. The number of rotatable bonds is 3. The second kappa shape index (κ2) is 4.55. The maximum atomic E-state index is 13.5. The highest BCUT2D eigenvalue weighted by Gasteiger charge is 2.33. The molecule has 98 valence electrons. The zero-order chi connectivity index (χ0) is 13.3. The van der Waals surface area contributed by atoms with E-state index in [9.17, 15) is 13.6 Å². The van der Waals surface area contributed by atoms with Crippen molar-refractivity contribution in [3.63, 3.8) is 0 Å². The number of amides is 1. The molecule has 5 heteroatoms. The lowest BCUT2D eigenvalue weighted by atomic mass is 9.78. The Kier molecular flexibility index (Phi) is 3.24. The van der Waals surface area contributed by atoms with E-state index < -0.39 is 17.5 Å². The Balaban J connectivity index is 2.20. The molecule has 3 nitrogen and oxygen atoms in total. The molecule has 0 bridgehead atoms. The summed E-state index contributed by atoms with van der Waals surface area (Å²) < 4.78 is 27.0. The van der Waals surface area contributed by atoms with E-state index in [1.54, 1.807) is 0 Å². The third-order valence-electron chi connectivity index (χ3n) is 3.43. The molecule has 0 spiro atoms. The van der Waals surface area contributed by atoms with Crippen molar-refractivity contribution in [2.24, 2.45) is 0 Å². The molecule has 0 aromatic heterocycles. The number of halogens is 2. The molecule has 0 unspecified atom stereocenters. The largest absolute Gasteiger partial charge is 0.383 e. The van der Waals surface area contributed by atoms with E-state index >= 15 is 0 Å². The fourth-order valence-electron chi connectivity index (χ4n) is 2.12. The number of hydrogen-bond donors (Lipinski definition) is 2. The molecule has 1 aliphatic rings. The fraction of sp³-hybridized carbons (Fsp3) is 0.462. The topological polar surface area (TPSA) is 41.1 Å². The summed E-state index contributed by atoms with van der Waals surface area (Å²) in [7, 11) is 1.43. The third-order valence-corrected chi connectivity index (χ3v) is 3.43. The highest BCUT2D eigenvalue weighted by atomic mass is 19.1. The van der Waals surface area contributed by atoms with Crippen LogP contribution in [0.15, 0.2) is 12.1 Å². The average Bonchev–Trinajstić information content (AvgIpc) is 2.26. The van der Waals surface area contributed by atoms with Crippen LogP contribution in [0, 0.1) is 11.6 Å². The monoisotopic (exact) mass is 254 g/mol. The first kappa shape index (κ1) is 12.8. The molecule has 0 radical (unpaired) electrons. The minimum atomic E-state index is -0.763. The molecule has 2 N–H and O–H groups in total. The number of anilines is 1. The quantitative estimate of drug-likeness (QED) is 0.870. The molecule has 1 fully saturated rings. The number of nitrogens with one attached hydrogen (secondary N) is 2. The molecule has 1 aliphatic carbocycles. The predicted molar refractivity (Wildman–Crippen MR) is 65.6 cm³/mol. The van der Waals surface area contributed by atoms with Gasteiger partial charge >= 0.3 is 0 Å². The van der Waals surface area contributed by atoms with Gasteiger partial charge < -0.3 is 10.6 Å². The number of hydrogen-bond acceptors (Lipinski definition) is 2. The molecular formula is C13H16F2N2O. The van der Waals surface area contributed by atoms with E-state index in [4.69, 9.17) is 0 Å². The van der Waals surface area contributed by atoms with Gasteiger partial charge in [-0.05, 0) is 38.3 Å². The van der Waals surface area contributed by atoms with Gasteiger partial charge in [-0.25, -0.2) is 8.78 Å². The van der Waals surface area contributed by atoms with Gasteiger partial charge in [-0.3, -0.25) is 4.79 Å². The smallest absolute Gasteiger partial charge is 0.251 e. The Bertz CT molecular complexity index is 461. The van der Waals surface area contributed by atoms with Crippen LogP contribution >= 0.6 is 0 Å². The van der Waals surface area contributed by atoms with Crippen LogP contribution in [0.3, 0.4) is 0 Å². The summed E-state index contributed by atoms with van der Waals surface area (Å²) >= 11 is 0. The van der Waals surface area contributed by atoms with Crippen molar-refractivity contribution < 1.29 is 13.6 Å². The van der Waals surface area contributed by atoms with Crippen molar-refractivity contribution in [1.29, 1.82) is 0 Å². The summed E-state index contributed by atoms with van der Waals surface area (Å²) in [6, 6.07) is 2.10. The van der Waals surface area contributed by atoms with Crippen LogP contribution in [0.5, 0.6) is 0 Å². The second-order valence-corrected chi connectivity index (χ2v) is 4.93. The Morgan fingerprint density at radius 2 is 1.83 bits per heavy atom. The maximum absolute atomic E-state index is 13.5. The van der Waals surface area contributed by atoms with Crippen molar-refractivity contribution in [2.75, 3.05) is 12.4 Å². The molecule has 1 amide bonds. The van der Waals surface area contributed by atoms with Crippen LogP contribution in [-0.2, 0) is 0 Å². The maximum Gasteiger partial charge on any atom is 0.251 e. The van der Waals surface area contributed by atoms with E-state index in [0.717, 1.165) is 31.4 Å². The number of carbonyl (C=O) groups excluding carboxylic acids is 1. The highest BCUT2D eigenvalue weighted by molar-refractivity contribution is 5.95. The van der Waals surface area contributed by atoms with Crippen LogP contribution < -0.4 is 10.6 Å². The number of carbonyl (C=O) groups is 1. The van der Waals surface area contributed by atoms with Crippen LogP contribution in [0.2, 0.25) is 0 Å². The zero-order valence-corrected chi connectivity index (χ0v) is 10.4. The van der Waals surface area contributed by atoms with Gasteiger partial charge in [0.25, 0.3) is 5.91 Å². The molecule has 1 aromatic carbocycles. The predicted octanol–water partition coefficient (Wildman–Crippen LogP) is 2.68. The van der Waals surface area contributed by atoms with Crippen LogP contribution in [0.25, 0.3) is 0 Å². The molecule has 1 aromatic rings. The summed E-state index contributed by atoms with van der Waals surface area (Å²) in [6.07, 6.45) is 2.87. The number of benzene rings is 1. The molecule has 0 atom stereocenters. The Morgan fingerprint density at radius 1 is 1.28 bits per heavy atom. The lowest BCUT2D eigenvalue weighted by molar-refractivity contribution is 0.0849. The van der Waals surface area contributed by atoms with Crippen molar-refractivity contribution in [1.82, 2.24) is 5.32 Å². The van der Waals surface area contributed by atoms with Crippen molar-refractivity contribution in [3.8, 4) is 0 Å². The van der Waals surface area contributed by atoms with E-state index in [-0.39, 0.29) is 16.8 Å². The standard InChI is InChI=1S/C13H16F2N2O/c1-13(4-3-5-13)17-12(18)8-6-9(14)11(16-2)10(15)7-8/h6-7,16H,3-5H2,1-2H3,(H,17,18). The van der Waals surface area contributed by atoms with Crippen molar-refractivity contribution >= 4 is 11.6 Å². The van der Waals surface area contributed by atoms with Crippen molar-refractivity contribution in [2.45, 2.75) is 31.7 Å². The summed E-state index contributed by atoms with van der Waals surface area (Å²) in [5.74, 6) is -1.96. The minimum absolute atomic E-state index is 0.0112. The highest BCUT2D eigenvalue weighted by Crippen LogP contribution is 2.31. The summed E-state index contributed by atoms with van der Waals surface area (Å²) in [5, 5.41) is 5.23.